The lowest BCUT2D eigenvalue weighted by Gasteiger charge is -2.15. The number of carbonyl (C=O) groups is 2. The normalized spacial score (nSPS) is 11.1. The van der Waals surface area contributed by atoms with Crippen LogP contribution < -0.4 is 27.2 Å². The Morgan fingerprint density at radius 2 is 1.57 bits per heavy atom. The maximum absolute atomic E-state index is 12.9. The molecule has 0 bridgehead atoms. The third kappa shape index (κ3) is 14.9. The molecule has 3 rings (SSSR count). The van der Waals surface area contributed by atoms with E-state index in [2.05, 4.69) is 30.9 Å². The van der Waals surface area contributed by atoms with E-state index in [-0.39, 0.29) is 21.6 Å². The SMILES string of the molecule is CC(C)OC(=O)c1cc(-n2c(=O)cc(C(F)(F)F)n(C)c2=O)ccc1Cl.CCNc1nc(Cl)nc(NCC)n1.O=C(O)CNCP(=O)(O)O. The molecule has 0 atom stereocenters. The molecule has 17 nitrogen and oxygen atoms in total. The van der Waals surface area contributed by atoms with Crippen LogP contribution in [0.25, 0.3) is 5.69 Å². The summed E-state index contributed by atoms with van der Waals surface area (Å²) in [6.45, 7) is 8.23. The predicted octanol–water partition coefficient (Wildman–Crippen LogP) is 2.96. The Bertz CT molecular complexity index is 1740. The van der Waals surface area contributed by atoms with E-state index in [1.54, 1.807) is 13.8 Å². The summed E-state index contributed by atoms with van der Waals surface area (Å²) in [5, 5.41) is 16.2. The highest BCUT2D eigenvalue weighted by molar-refractivity contribution is 7.51. The Morgan fingerprint density at radius 3 is 2.02 bits per heavy atom. The van der Waals surface area contributed by atoms with Crippen molar-refractivity contribution >= 4 is 54.6 Å². The smallest absolute Gasteiger partial charge is 0.431 e. The van der Waals surface area contributed by atoms with E-state index in [1.165, 1.54) is 12.1 Å². The zero-order chi connectivity index (χ0) is 37.7. The molecular weight excluding hydrogens is 727 g/mol. The second kappa shape index (κ2) is 19.2. The number of benzene rings is 1. The van der Waals surface area contributed by atoms with Crippen LogP contribution in [0.1, 0.15) is 43.7 Å². The zero-order valence-electron chi connectivity index (χ0n) is 26.6. The van der Waals surface area contributed by atoms with Gasteiger partial charge >= 0.3 is 31.4 Å². The number of carboxylic acids is 1. The third-order valence-corrected chi connectivity index (χ3v) is 6.39. The molecule has 272 valence electrons. The van der Waals surface area contributed by atoms with Crippen molar-refractivity contribution in [2.75, 3.05) is 36.6 Å². The van der Waals surface area contributed by atoms with E-state index in [0.717, 1.165) is 26.2 Å². The van der Waals surface area contributed by atoms with E-state index < -0.39 is 61.6 Å². The average Bonchev–Trinajstić information content (AvgIpc) is 2.95. The maximum atomic E-state index is 12.9. The number of aromatic nitrogens is 5. The second-order valence-corrected chi connectivity index (χ2v) is 12.0. The molecule has 2 heterocycles. The molecule has 0 aliphatic heterocycles. The average molecular weight is 761 g/mol. The van der Waals surface area contributed by atoms with Crippen LogP contribution in [0.5, 0.6) is 0 Å². The maximum Gasteiger partial charge on any atom is 0.431 e. The molecule has 49 heavy (non-hydrogen) atoms. The first kappa shape index (κ1) is 43.0. The van der Waals surface area contributed by atoms with Crippen LogP contribution in [0.4, 0.5) is 25.1 Å². The van der Waals surface area contributed by atoms with Gasteiger partial charge in [-0.25, -0.2) is 14.2 Å². The summed E-state index contributed by atoms with van der Waals surface area (Å²) in [7, 11) is -3.20. The first-order valence-corrected chi connectivity index (χ1v) is 16.4. The number of carbonyl (C=O) groups excluding carboxylic acids is 1. The summed E-state index contributed by atoms with van der Waals surface area (Å²) in [5.74, 6) is -0.936. The van der Waals surface area contributed by atoms with Crippen molar-refractivity contribution in [1.29, 1.82) is 0 Å². The second-order valence-electron chi connectivity index (χ2n) is 9.62. The quantitative estimate of drug-likeness (QED) is 0.122. The molecule has 0 aliphatic carbocycles. The van der Waals surface area contributed by atoms with Gasteiger partial charge in [-0.1, -0.05) is 11.6 Å². The van der Waals surface area contributed by atoms with Gasteiger partial charge in [0.1, 0.15) is 5.69 Å². The van der Waals surface area contributed by atoms with Crippen LogP contribution in [-0.4, -0.2) is 82.9 Å². The third-order valence-electron chi connectivity index (χ3n) is 5.25. The Hall–Kier alpha value is -4.07. The fourth-order valence-electron chi connectivity index (χ4n) is 3.35. The van der Waals surface area contributed by atoms with Gasteiger partial charge in [0, 0.05) is 26.2 Å². The summed E-state index contributed by atoms with van der Waals surface area (Å²) in [6, 6.07) is 3.91. The molecule has 0 saturated carbocycles. The number of nitrogens with zero attached hydrogens (tertiary/aromatic N) is 5. The molecule has 0 aliphatic rings. The van der Waals surface area contributed by atoms with Crippen LogP contribution in [0.2, 0.25) is 10.3 Å². The standard InChI is InChI=1S/C16H14ClF3N2O4.C7H12ClN5.C3H8NO5P/c1-8(2)26-14(24)10-6-9(4-5-11(10)17)22-13(23)7-12(16(18,19)20)21(3)15(22)25;1-3-9-6-11-5(8)12-7(13-6)10-4-2;5-3(6)1-4-2-10(7,8)9/h4-8H,1-3H3;3-4H2,1-2H3,(H2,9,10,11,12,13);4H,1-2H2,(H,5,6)(H2,7,8,9). The predicted molar refractivity (Wildman–Crippen MR) is 174 cm³/mol. The number of halogens is 5. The molecule has 1 aromatic carbocycles. The van der Waals surface area contributed by atoms with E-state index in [0.29, 0.717) is 27.1 Å². The largest absolute Gasteiger partial charge is 0.480 e. The van der Waals surface area contributed by atoms with Gasteiger partial charge in [-0.15, -0.1) is 0 Å². The molecule has 2 aromatic heterocycles. The molecule has 0 saturated heterocycles. The number of anilines is 2. The summed E-state index contributed by atoms with van der Waals surface area (Å²) < 4.78 is 54.6. The molecule has 0 fully saturated rings. The number of rotatable bonds is 11. The lowest BCUT2D eigenvalue weighted by Crippen LogP contribution is -2.40. The number of ether oxygens (including phenoxy) is 1. The number of carboxylic acid groups (broad SMARTS) is 1. The lowest BCUT2D eigenvalue weighted by molar-refractivity contribution is -0.144. The number of aliphatic carboxylic acids is 1. The molecule has 23 heteroatoms. The fourth-order valence-corrected chi connectivity index (χ4v) is 4.11. The number of hydrogen-bond donors (Lipinski definition) is 6. The van der Waals surface area contributed by atoms with Gasteiger partial charge in [-0.2, -0.15) is 28.1 Å². The molecule has 0 spiro atoms. The van der Waals surface area contributed by atoms with Crippen molar-refractivity contribution in [3.05, 3.63) is 66.7 Å². The topological polar surface area (TPSA) is 240 Å². The lowest BCUT2D eigenvalue weighted by atomic mass is 10.2. The minimum Gasteiger partial charge on any atom is -0.480 e. The van der Waals surface area contributed by atoms with Crippen LogP contribution >= 0.6 is 30.8 Å². The number of esters is 1. The van der Waals surface area contributed by atoms with Gasteiger partial charge in [-0.05, 0) is 57.5 Å². The minimum atomic E-state index is -4.86. The molecule has 3 aromatic rings. The molecule has 0 radical (unpaired) electrons. The first-order chi connectivity index (χ1) is 22.6. The zero-order valence-corrected chi connectivity index (χ0v) is 29.0. The van der Waals surface area contributed by atoms with E-state index in [4.69, 9.17) is 42.8 Å². The summed E-state index contributed by atoms with van der Waals surface area (Å²) in [5.41, 5.74) is -4.01. The minimum absolute atomic E-state index is 0.0104. The molecule has 6 N–H and O–H groups in total. The van der Waals surface area contributed by atoms with Crippen molar-refractivity contribution in [3.8, 4) is 5.69 Å². The van der Waals surface area contributed by atoms with E-state index in [9.17, 15) is 36.9 Å². The van der Waals surface area contributed by atoms with Gasteiger partial charge in [0.05, 0.1) is 35.2 Å². The number of hydrogen-bond acceptors (Lipinski definition) is 12. The highest BCUT2D eigenvalue weighted by Gasteiger charge is 2.35. The van der Waals surface area contributed by atoms with Crippen molar-refractivity contribution in [1.82, 2.24) is 29.4 Å². The van der Waals surface area contributed by atoms with Gasteiger partial charge in [-0.3, -0.25) is 24.0 Å². The van der Waals surface area contributed by atoms with Crippen LogP contribution in [0, 0.1) is 0 Å². The summed E-state index contributed by atoms with van der Waals surface area (Å²) in [6.07, 6.45) is -5.90. The Morgan fingerprint density at radius 1 is 1.02 bits per heavy atom. The van der Waals surface area contributed by atoms with E-state index >= 15 is 0 Å². The van der Waals surface area contributed by atoms with Gasteiger partial charge in [0.2, 0.25) is 17.2 Å². The van der Waals surface area contributed by atoms with Gasteiger partial charge in [0.15, 0.2) is 0 Å². The summed E-state index contributed by atoms with van der Waals surface area (Å²) >= 11 is 11.6. The Labute approximate surface area is 286 Å². The molecule has 0 unspecified atom stereocenters. The van der Waals surface area contributed by atoms with Crippen molar-refractivity contribution in [2.24, 2.45) is 7.05 Å². The van der Waals surface area contributed by atoms with Crippen LogP contribution in [0.3, 0.4) is 0 Å². The van der Waals surface area contributed by atoms with Gasteiger partial charge < -0.3 is 30.3 Å². The van der Waals surface area contributed by atoms with E-state index in [1.807, 2.05) is 13.8 Å². The molecular formula is C26H34Cl2F3N8O9P. The van der Waals surface area contributed by atoms with Crippen molar-refractivity contribution < 1.29 is 47.0 Å². The highest BCUT2D eigenvalue weighted by Crippen LogP contribution is 2.31. The number of alkyl halides is 3. The van der Waals surface area contributed by atoms with Crippen molar-refractivity contribution in [2.45, 2.75) is 40.0 Å². The highest BCUT2D eigenvalue weighted by atomic mass is 35.5. The fraction of sp³-hybridized carbons (Fsp3) is 0.423. The van der Waals surface area contributed by atoms with Crippen LogP contribution in [0.15, 0.2) is 33.9 Å². The summed E-state index contributed by atoms with van der Waals surface area (Å²) in [4.78, 5) is 74.5. The van der Waals surface area contributed by atoms with Crippen LogP contribution in [-0.2, 0) is 27.3 Å². The number of nitrogens with one attached hydrogen (secondary N) is 3. The first-order valence-electron chi connectivity index (χ1n) is 13.9. The molecule has 0 amide bonds. The Kier molecular flexibility index (Phi) is 16.8. The monoisotopic (exact) mass is 760 g/mol. The Balaban J connectivity index is 0.000000433. The van der Waals surface area contributed by atoms with Crippen molar-refractivity contribution in [3.63, 3.8) is 0 Å². The van der Waals surface area contributed by atoms with Gasteiger partial charge in [0.25, 0.3) is 5.56 Å².